The summed E-state index contributed by atoms with van der Waals surface area (Å²) in [5.41, 5.74) is -2.43. The van der Waals surface area contributed by atoms with Gasteiger partial charge in [-0.1, -0.05) is 11.6 Å². The van der Waals surface area contributed by atoms with E-state index in [1.165, 1.54) is 0 Å². The van der Waals surface area contributed by atoms with E-state index in [1.54, 1.807) is 27.7 Å². The fourth-order valence-electron chi connectivity index (χ4n) is 2.07. The summed E-state index contributed by atoms with van der Waals surface area (Å²) in [6.07, 6.45) is -4.62. The number of nitrogens with zero attached hydrogens (tertiary/aromatic N) is 1. The van der Waals surface area contributed by atoms with Crippen LogP contribution in [-0.2, 0) is 15.5 Å². The normalized spacial score (nSPS) is 20.0. The van der Waals surface area contributed by atoms with E-state index in [1.807, 2.05) is 6.07 Å². The van der Waals surface area contributed by atoms with Crippen LogP contribution in [0.15, 0.2) is 12.1 Å². The van der Waals surface area contributed by atoms with Crippen molar-refractivity contribution in [1.29, 1.82) is 5.26 Å². The largest absolute Gasteiger partial charge is 0.496 e. The molecule has 0 atom stereocenters. The maximum absolute atomic E-state index is 13.0. The molecule has 0 saturated carbocycles. The Hall–Kier alpha value is -1.23. The number of rotatable bonds is 1. The first kappa shape index (κ1) is 17.1. The molecule has 1 saturated heterocycles. The van der Waals surface area contributed by atoms with Gasteiger partial charge in [-0.05, 0) is 39.8 Å². The molecule has 0 bridgehead atoms. The molecular weight excluding hydrogens is 317 g/mol. The third kappa shape index (κ3) is 2.83. The maximum atomic E-state index is 13.0. The van der Waals surface area contributed by atoms with Crippen molar-refractivity contribution >= 4 is 24.2 Å². The van der Waals surface area contributed by atoms with Crippen molar-refractivity contribution in [1.82, 2.24) is 0 Å². The van der Waals surface area contributed by atoms with Gasteiger partial charge in [0.2, 0.25) is 0 Å². The molecule has 0 N–H and O–H groups in total. The highest BCUT2D eigenvalue weighted by Gasteiger charge is 2.52. The quantitative estimate of drug-likeness (QED) is 0.739. The van der Waals surface area contributed by atoms with Gasteiger partial charge in [0.1, 0.15) is 0 Å². The lowest BCUT2D eigenvalue weighted by Gasteiger charge is -2.32. The number of hydrogen-bond donors (Lipinski definition) is 0. The summed E-state index contributed by atoms with van der Waals surface area (Å²) in [5, 5.41) is 8.63. The number of nitriles is 1. The van der Waals surface area contributed by atoms with Crippen LogP contribution in [0.4, 0.5) is 13.2 Å². The molecule has 118 valence electrons. The number of alkyl halides is 3. The molecule has 1 aliphatic heterocycles. The van der Waals surface area contributed by atoms with Gasteiger partial charge in [0.25, 0.3) is 0 Å². The first-order valence-electron chi connectivity index (χ1n) is 6.55. The highest BCUT2D eigenvalue weighted by molar-refractivity contribution is 6.63. The van der Waals surface area contributed by atoms with E-state index >= 15 is 0 Å². The summed E-state index contributed by atoms with van der Waals surface area (Å²) in [5.74, 6) is 0. The molecule has 22 heavy (non-hydrogen) atoms. The van der Waals surface area contributed by atoms with Crippen molar-refractivity contribution in [2.75, 3.05) is 0 Å². The fraction of sp³-hybridized carbons (Fsp3) is 0.500. The van der Waals surface area contributed by atoms with Gasteiger partial charge in [-0.3, -0.25) is 0 Å². The molecule has 0 radical (unpaired) electrons. The standard InChI is InChI=1S/C14H14BClF3NO2/c1-12(2)13(3,4)22-15(21-12)10-6-9(14(17,18)19)11(16)5-8(10)7-20/h5-6H,1-4H3. The van der Waals surface area contributed by atoms with Gasteiger partial charge in [-0.25, -0.2) is 0 Å². The van der Waals surface area contributed by atoms with Gasteiger partial charge in [0, 0.05) is 5.46 Å². The van der Waals surface area contributed by atoms with Gasteiger partial charge in [0.15, 0.2) is 0 Å². The fourth-order valence-corrected chi connectivity index (χ4v) is 2.34. The van der Waals surface area contributed by atoms with E-state index < -0.39 is 35.1 Å². The van der Waals surface area contributed by atoms with Gasteiger partial charge in [0.05, 0.1) is 33.4 Å². The third-order valence-electron chi connectivity index (χ3n) is 4.07. The molecule has 1 aromatic rings. The van der Waals surface area contributed by atoms with Gasteiger partial charge < -0.3 is 9.31 Å². The van der Waals surface area contributed by atoms with Crippen molar-refractivity contribution in [2.45, 2.75) is 45.1 Å². The van der Waals surface area contributed by atoms with E-state index in [9.17, 15) is 13.2 Å². The molecule has 3 nitrogen and oxygen atoms in total. The Balaban J connectivity index is 2.55. The van der Waals surface area contributed by atoms with Crippen molar-refractivity contribution < 1.29 is 22.5 Å². The summed E-state index contributed by atoms with van der Waals surface area (Å²) in [6.45, 7) is 7.11. The minimum Gasteiger partial charge on any atom is -0.399 e. The van der Waals surface area contributed by atoms with E-state index in [-0.39, 0.29) is 11.0 Å². The van der Waals surface area contributed by atoms with E-state index in [0.29, 0.717) is 0 Å². The Morgan fingerprint density at radius 3 is 2.05 bits per heavy atom. The lowest BCUT2D eigenvalue weighted by Crippen LogP contribution is -2.41. The zero-order valence-electron chi connectivity index (χ0n) is 12.5. The molecule has 8 heteroatoms. The molecule has 1 aromatic carbocycles. The molecule has 0 aromatic heterocycles. The Kier molecular flexibility index (Phi) is 4.01. The average molecular weight is 332 g/mol. The van der Waals surface area contributed by atoms with Crippen LogP contribution in [0.2, 0.25) is 5.02 Å². The predicted octanol–water partition coefficient (Wildman–Crippen LogP) is 3.53. The van der Waals surface area contributed by atoms with Crippen molar-refractivity contribution in [3.05, 3.63) is 28.3 Å². The predicted molar refractivity (Wildman–Crippen MR) is 76.9 cm³/mol. The van der Waals surface area contributed by atoms with Crippen LogP contribution in [0.5, 0.6) is 0 Å². The zero-order chi connectivity index (χ0) is 16.9. The van der Waals surface area contributed by atoms with Crippen LogP contribution in [0.3, 0.4) is 0 Å². The molecular formula is C14H14BClF3NO2. The van der Waals surface area contributed by atoms with E-state index in [2.05, 4.69) is 0 Å². The topological polar surface area (TPSA) is 42.2 Å². The molecule has 0 spiro atoms. The average Bonchev–Trinajstić information content (AvgIpc) is 2.56. The van der Waals surface area contributed by atoms with Crippen LogP contribution in [0.1, 0.15) is 38.8 Å². The van der Waals surface area contributed by atoms with Crippen LogP contribution >= 0.6 is 11.6 Å². The third-order valence-corrected chi connectivity index (χ3v) is 4.38. The molecule has 0 unspecified atom stereocenters. The van der Waals surface area contributed by atoms with Gasteiger partial charge in [-0.2, -0.15) is 18.4 Å². The number of hydrogen-bond acceptors (Lipinski definition) is 3. The number of halogens is 4. The van der Waals surface area contributed by atoms with E-state index in [0.717, 1.165) is 12.1 Å². The minimum atomic E-state index is -4.62. The summed E-state index contributed by atoms with van der Waals surface area (Å²) in [6, 6.07) is 3.65. The second-order valence-corrected chi connectivity index (χ2v) is 6.52. The molecule has 1 heterocycles. The monoisotopic (exact) mass is 331 g/mol. The minimum absolute atomic E-state index is 0.00324. The molecule has 2 rings (SSSR count). The molecule has 1 aliphatic rings. The van der Waals surface area contributed by atoms with Crippen molar-refractivity contribution in [3.8, 4) is 6.07 Å². The highest BCUT2D eigenvalue weighted by atomic mass is 35.5. The van der Waals surface area contributed by atoms with Gasteiger partial charge in [-0.15, -0.1) is 0 Å². The smallest absolute Gasteiger partial charge is 0.399 e. The lowest BCUT2D eigenvalue weighted by atomic mass is 9.75. The van der Waals surface area contributed by atoms with Crippen LogP contribution in [-0.4, -0.2) is 18.3 Å². The highest BCUT2D eigenvalue weighted by Crippen LogP contribution is 2.38. The summed E-state index contributed by atoms with van der Waals surface area (Å²) in [7, 11) is -1.06. The molecule has 0 aliphatic carbocycles. The number of benzene rings is 1. The maximum Gasteiger partial charge on any atom is 0.496 e. The SMILES string of the molecule is CC1(C)OB(c2cc(C(F)(F)F)c(Cl)cc2C#N)OC1(C)C. The van der Waals surface area contributed by atoms with Crippen LogP contribution in [0.25, 0.3) is 0 Å². The summed E-state index contributed by atoms with van der Waals surface area (Å²) >= 11 is 5.63. The first-order valence-corrected chi connectivity index (χ1v) is 6.93. The summed E-state index contributed by atoms with van der Waals surface area (Å²) < 4.78 is 50.5. The Morgan fingerprint density at radius 1 is 1.14 bits per heavy atom. The lowest BCUT2D eigenvalue weighted by molar-refractivity contribution is -0.137. The van der Waals surface area contributed by atoms with Crippen LogP contribution in [0, 0.1) is 11.3 Å². The Labute approximate surface area is 132 Å². The van der Waals surface area contributed by atoms with Crippen LogP contribution < -0.4 is 5.46 Å². The molecule has 1 fully saturated rings. The molecule has 0 amide bonds. The second-order valence-electron chi connectivity index (χ2n) is 6.12. The second kappa shape index (κ2) is 5.15. The Morgan fingerprint density at radius 2 is 1.64 bits per heavy atom. The van der Waals surface area contributed by atoms with Gasteiger partial charge >= 0.3 is 13.3 Å². The van der Waals surface area contributed by atoms with E-state index in [4.69, 9.17) is 26.2 Å². The van der Waals surface area contributed by atoms with Crippen molar-refractivity contribution in [2.24, 2.45) is 0 Å². The summed E-state index contributed by atoms with van der Waals surface area (Å²) in [4.78, 5) is 0. The zero-order valence-corrected chi connectivity index (χ0v) is 13.3. The van der Waals surface area contributed by atoms with Crippen molar-refractivity contribution in [3.63, 3.8) is 0 Å². The Bertz CT molecular complexity index is 637. The first-order chi connectivity index (χ1) is 9.89.